The first-order chi connectivity index (χ1) is 9.66. The minimum atomic E-state index is -0.735. The molecule has 1 N–H and O–H groups in total. The van der Waals surface area contributed by atoms with Gasteiger partial charge in [-0.25, -0.2) is 4.79 Å². The molecule has 1 fully saturated rings. The first-order valence-corrected chi connectivity index (χ1v) is 8.26. The monoisotopic (exact) mass is 282 g/mol. The lowest BCUT2D eigenvalue weighted by molar-refractivity contribution is -0.138. The highest BCUT2D eigenvalue weighted by Gasteiger charge is 2.34. The van der Waals surface area contributed by atoms with Crippen LogP contribution in [0.5, 0.6) is 0 Å². The van der Waals surface area contributed by atoms with E-state index in [9.17, 15) is 9.90 Å². The van der Waals surface area contributed by atoms with Gasteiger partial charge in [-0.1, -0.05) is 64.4 Å². The van der Waals surface area contributed by atoms with Crippen molar-refractivity contribution in [2.45, 2.75) is 90.3 Å². The molecule has 1 rings (SSSR count). The first kappa shape index (κ1) is 17.2. The van der Waals surface area contributed by atoms with Crippen LogP contribution >= 0.6 is 0 Å². The number of aliphatic hydroxyl groups excluding tert-OH is 1. The summed E-state index contributed by atoms with van der Waals surface area (Å²) in [7, 11) is 0. The Morgan fingerprint density at radius 1 is 1.05 bits per heavy atom. The van der Waals surface area contributed by atoms with Gasteiger partial charge in [-0.3, -0.25) is 0 Å². The Labute approximate surface area is 123 Å². The average molecular weight is 282 g/mol. The third-order valence-corrected chi connectivity index (χ3v) is 3.96. The maximum atomic E-state index is 11.4. The quantitative estimate of drug-likeness (QED) is 0.372. The maximum Gasteiger partial charge on any atom is 0.336 e. The molecule has 3 nitrogen and oxygen atoms in total. The van der Waals surface area contributed by atoms with Crippen molar-refractivity contribution in [3.05, 3.63) is 11.6 Å². The zero-order chi connectivity index (χ0) is 14.8. The topological polar surface area (TPSA) is 46.5 Å². The molecule has 116 valence electrons. The largest absolute Gasteiger partial charge is 0.456 e. The van der Waals surface area contributed by atoms with Crippen molar-refractivity contribution >= 4 is 5.97 Å². The molecule has 3 heteroatoms. The first-order valence-electron chi connectivity index (χ1n) is 8.26. The van der Waals surface area contributed by atoms with Crippen LogP contribution in [0.2, 0.25) is 0 Å². The lowest BCUT2D eigenvalue weighted by Crippen LogP contribution is -2.17. The van der Waals surface area contributed by atoms with E-state index in [1.807, 2.05) is 6.08 Å². The molecule has 1 heterocycles. The highest BCUT2D eigenvalue weighted by molar-refractivity contribution is 5.92. The van der Waals surface area contributed by atoms with Crippen LogP contribution in [0.4, 0.5) is 0 Å². The summed E-state index contributed by atoms with van der Waals surface area (Å²) in [6.45, 7) is 3.97. The van der Waals surface area contributed by atoms with E-state index in [2.05, 4.69) is 6.92 Å². The molecule has 0 spiro atoms. The van der Waals surface area contributed by atoms with Gasteiger partial charge in [0.25, 0.3) is 0 Å². The third kappa shape index (κ3) is 6.08. The van der Waals surface area contributed by atoms with Crippen LogP contribution < -0.4 is 0 Å². The standard InChI is InChI=1S/C17H30O3/c1-3-4-5-6-7-8-9-10-11-12-13-15-16(18)14(2)20-17(15)19/h13-14,16,18H,3-12H2,1-2H3/t14-,16+/m0/s1. The van der Waals surface area contributed by atoms with E-state index in [1.54, 1.807) is 6.92 Å². The smallest absolute Gasteiger partial charge is 0.336 e. The second-order valence-corrected chi connectivity index (χ2v) is 5.83. The van der Waals surface area contributed by atoms with E-state index < -0.39 is 12.2 Å². The van der Waals surface area contributed by atoms with Gasteiger partial charge in [0.2, 0.25) is 0 Å². The van der Waals surface area contributed by atoms with E-state index in [-0.39, 0.29) is 5.97 Å². The molecule has 20 heavy (non-hydrogen) atoms. The van der Waals surface area contributed by atoms with Crippen molar-refractivity contribution in [3.8, 4) is 0 Å². The van der Waals surface area contributed by atoms with Crippen LogP contribution in [0.15, 0.2) is 11.6 Å². The highest BCUT2D eigenvalue weighted by atomic mass is 16.6. The summed E-state index contributed by atoms with van der Waals surface area (Å²) in [6.07, 6.45) is 13.3. The SMILES string of the molecule is CCCCCCCCCCCC=C1C(=O)O[C@@H](C)[C@H]1O. The predicted molar refractivity (Wildman–Crippen MR) is 81.5 cm³/mol. The number of cyclic esters (lactones) is 1. The lowest BCUT2D eigenvalue weighted by Gasteiger charge is -2.04. The van der Waals surface area contributed by atoms with E-state index in [4.69, 9.17) is 4.74 Å². The predicted octanol–water partition coefficient (Wildman–Crippen LogP) is 4.14. The zero-order valence-electron chi connectivity index (χ0n) is 13.1. The molecule has 0 unspecified atom stereocenters. The molecule has 2 atom stereocenters. The Hall–Kier alpha value is -0.830. The molecule has 0 bridgehead atoms. The number of rotatable bonds is 10. The summed E-state index contributed by atoms with van der Waals surface area (Å²) < 4.78 is 4.97. The third-order valence-electron chi connectivity index (χ3n) is 3.96. The fourth-order valence-corrected chi connectivity index (χ4v) is 2.59. The fraction of sp³-hybridized carbons (Fsp3) is 0.824. The van der Waals surface area contributed by atoms with Gasteiger partial charge in [0.15, 0.2) is 0 Å². The molecule has 1 saturated heterocycles. The van der Waals surface area contributed by atoms with Crippen LogP contribution in [0.3, 0.4) is 0 Å². The number of esters is 1. The maximum absolute atomic E-state index is 11.4. The number of allylic oxidation sites excluding steroid dienone is 1. The normalized spacial score (nSPS) is 24.4. The Balaban J connectivity index is 2.01. The van der Waals surface area contributed by atoms with E-state index >= 15 is 0 Å². The van der Waals surface area contributed by atoms with Gasteiger partial charge in [-0.15, -0.1) is 0 Å². The van der Waals surface area contributed by atoms with E-state index in [0.717, 1.165) is 12.8 Å². The van der Waals surface area contributed by atoms with Gasteiger partial charge in [0, 0.05) is 0 Å². The van der Waals surface area contributed by atoms with E-state index in [0.29, 0.717) is 5.57 Å². The van der Waals surface area contributed by atoms with Crippen LogP contribution in [-0.4, -0.2) is 23.3 Å². The minimum absolute atomic E-state index is 0.346. The minimum Gasteiger partial charge on any atom is -0.456 e. The van der Waals surface area contributed by atoms with Crippen molar-refractivity contribution in [3.63, 3.8) is 0 Å². The molecule has 0 aromatic rings. The summed E-state index contributed by atoms with van der Waals surface area (Å²) in [5, 5.41) is 9.76. The van der Waals surface area contributed by atoms with Gasteiger partial charge in [0.1, 0.15) is 12.2 Å². The Bertz CT molecular complexity index is 309. The van der Waals surface area contributed by atoms with Gasteiger partial charge < -0.3 is 9.84 Å². The van der Waals surface area contributed by atoms with Gasteiger partial charge in [-0.05, 0) is 19.8 Å². The summed E-state index contributed by atoms with van der Waals surface area (Å²) in [4.78, 5) is 11.4. The Kier molecular flexibility index (Phi) is 8.59. The van der Waals surface area contributed by atoms with Crippen LogP contribution in [-0.2, 0) is 9.53 Å². The number of unbranched alkanes of at least 4 members (excludes halogenated alkanes) is 9. The summed E-state index contributed by atoms with van der Waals surface area (Å²) in [5.41, 5.74) is 0.456. The van der Waals surface area contributed by atoms with Crippen LogP contribution in [0, 0.1) is 0 Å². The van der Waals surface area contributed by atoms with Crippen molar-refractivity contribution in [2.75, 3.05) is 0 Å². The van der Waals surface area contributed by atoms with Crippen molar-refractivity contribution in [1.82, 2.24) is 0 Å². The number of aliphatic hydroxyl groups is 1. The molecule has 0 aliphatic carbocycles. The molecular weight excluding hydrogens is 252 g/mol. The van der Waals surface area contributed by atoms with E-state index in [1.165, 1.54) is 51.4 Å². The lowest BCUT2D eigenvalue weighted by atomic mass is 10.0. The molecule has 0 radical (unpaired) electrons. The number of carbonyl (C=O) groups excluding carboxylic acids is 1. The second kappa shape index (κ2) is 9.98. The zero-order valence-corrected chi connectivity index (χ0v) is 13.1. The van der Waals surface area contributed by atoms with Crippen molar-refractivity contribution in [1.29, 1.82) is 0 Å². The molecule has 1 aliphatic heterocycles. The van der Waals surface area contributed by atoms with Crippen LogP contribution in [0.1, 0.15) is 78.1 Å². The Morgan fingerprint density at radius 3 is 2.10 bits per heavy atom. The van der Waals surface area contributed by atoms with Crippen molar-refractivity contribution < 1.29 is 14.6 Å². The van der Waals surface area contributed by atoms with Crippen molar-refractivity contribution in [2.24, 2.45) is 0 Å². The number of ether oxygens (including phenoxy) is 1. The second-order valence-electron chi connectivity index (χ2n) is 5.83. The summed E-state index contributed by atoms with van der Waals surface area (Å²) in [6, 6.07) is 0. The van der Waals surface area contributed by atoms with Gasteiger partial charge in [0.05, 0.1) is 5.57 Å². The molecule has 0 aromatic heterocycles. The molecule has 0 amide bonds. The molecular formula is C17H30O3. The number of carbonyl (C=O) groups is 1. The highest BCUT2D eigenvalue weighted by Crippen LogP contribution is 2.22. The summed E-state index contributed by atoms with van der Waals surface area (Å²) >= 11 is 0. The Morgan fingerprint density at radius 2 is 1.60 bits per heavy atom. The van der Waals surface area contributed by atoms with Crippen LogP contribution in [0.25, 0.3) is 0 Å². The number of hydrogen-bond donors (Lipinski definition) is 1. The van der Waals surface area contributed by atoms with Gasteiger partial charge in [-0.2, -0.15) is 0 Å². The molecule has 0 aromatic carbocycles. The van der Waals surface area contributed by atoms with Gasteiger partial charge >= 0.3 is 5.97 Å². The average Bonchev–Trinajstić information content (AvgIpc) is 2.67. The molecule has 0 saturated carbocycles. The summed E-state index contributed by atoms with van der Waals surface area (Å²) in [5.74, 6) is -0.346. The number of hydrogen-bond acceptors (Lipinski definition) is 3. The molecule has 1 aliphatic rings. The fourth-order valence-electron chi connectivity index (χ4n) is 2.59.